The fourth-order valence-corrected chi connectivity index (χ4v) is 2.58. The van der Waals surface area contributed by atoms with Gasteiger partial charge >= 0.3 is 0 Å². The second-order valence-electron chi connectivity index (χ2n) is 5.47. The summed E-state index contributed by atoms with van der Waals surface area (Å²) in [6, 6.07) is 7.87. The van der Waals surface area contributed by atoms with Gasteiger partial charge in [-0.3, -0.25) is 11.3 Å². The van der Waals surface area contributed by atoms with E-state index in [0.717, 1.165) is 12.0 Å². The van der Waals surface area contributed by atoms with Crippen LogP contribution in [0.2, 0.25) is 0 Å². The van der Waals surface area contributed by atoms with E-state index in [9.17, 15) is 8.42 Å². The lowest BCUT2D eigenvalue weighted by atomic mass is 9.95. The molecule has 1 rings (SSSR count). The molecule has 4 nitrogen and oxygen atoms in total. The Labute approximate surface area is 116 Å². The molecular formula is C14H24N2O2S. The van der Waals surface area contributed by atoms with Gasteiger partial charge in [-0.1, -0.05) is 31.2 Å². The smallest absolute Gasteiger partial charge is 0.154 e. The van der Waals surface area contributed by atoms with Crippen LogP contribution in [0.4, 0.5) is 0 Å². The second kappa shape index (κ2) is 6.03. The number of sulfone groups is 1. The molecule has 0 heterocycles. The van der Waals surface area contributed by atoms with Crippen LogP contribution < -0.4 is 11.3 Å². The van der Waals surface area contributed by atoms with E-state index in [4.69, 9.17) is 5.84 Å². The summed E-state index contributed by atoms with van der Waals surface area (Å²) in [6.45, 7) is 5.51. The summed E-state index contributed by atoms with van der Waals surface area (Å²) in [5.41, 5.74) is 4.99. The first-order valence-electron chi connectivity index (χ1n) is 6.46. The Morgan fingerprint density at radius 1 is 1.21 bits per heavy atom. The van der Waals surface area contributed by atoms with Gasteiger partial charge in [-0.15, -0.1) is 0 Å². The largest absolute Gasteiger partial charge is 0.271 e. The van der Waals surface area contributed by atoms with Crippen molar-refractivity contribution in [3.8, 4) is 0 Å². The molecule has 0 radical (unpaired) electrons. The maximum Gasteiger partial charge on any atom is 0.154 e. The van der Waals surface area contributed by atoms with Crippen molar-refractivity contribution in [3.63, 3.8) is 0 Å². The standard InChI is InChI=1S/C14H24N2O2S/c1-5-11-6-8-12(9-7-11)10-13(16-15)14(2,3)19(4,17)18/h6-9,13,16H,5,10,15H2,1-4H3. The van der Waals surface area contributed by atoms with Gasteiger partial charge in [0.1, 0.15) is 0 Å². The summed E-state index contributed by atoms with van der Waals surface area (Å²) >= 11 is 0. The van der Waals surface area contributed by atoms with Gasteiger partial charge in [0.2, 0.25) is 0 Å². The lowest BCUT2D eigenvalue weighted by Crippen LogP contribution is -2.55. The zero-order valence-electron chi connectivity index (χ0n) is 12.1. The van der Waals surface area contributed by atoms with Crippen LogP contribution in [0.1, 0.15) is 31.9 Å². The van der Waals surface area contributed by atoms with Crippen molar-refractivity contribution in [3.05, 3.63) is 35.4 Å². The molecule has 0 saturated heterocycles. The van der Waals surface area contributed by atoms with Crippen LogP contribution in [-0.2, 0) is 22.7 Å². The zero-order chi connectivity index (χ0) is 14.7. The Morgan fingerprint density at radius 2 is 1.68 bits per heavy atom. The maximum absolute atomic E-state index is 11.8. The summed E-state index contributed by atoms with van der Waals surface area (Å²) in [5.74, 6) is 5.55. The van der Waals surface area contributed by atoms with Crippen LogP contribution in [0.25, 0.3) is 0 Å². The molecule has 3 N–H and O–H groups in total. The van der Waals surface area contributed by atoms with Crippen LogP contribution in [-0.4, -0.2) is 25.5 Å². The van der Waals surface area contributed by atoms with E-state index in [1.807, 2.05) is 12.1 Å². The van der Waals surface area contributed by atoms with E-state index >= 15 is 0 Å². The minimum absolute atomic E-state index is 0.324. The van der Waals surface area contributed by atoms with E-state index in [-0.39, 0.29) is 6.04 Å². The van der Waals surface area contributed by atoms with E-state index < -0.39 is 14.6 Å². The summed E-state index contributed by atoms with van der Waals surface area (Å²) in [6.07, 6.45) is 2.83. The predicted octanol–water partition coefficient (Wildman–Crippen LogP) is 1.45. The van der Waals surface area contributed by atoms with Crippen molar-refractivity contribution >= 4 is 9.84 Å². The number of nitrogens with two attached hydrogens (primary N) is 1. The number of hydrogen-bond acceptors (Lipinski definition) is 4. The van der Waals surface area contributed by atoms with Crippen LogP contribution in [0.15, 0.2) is 24.3 Å². The highest BCUT2D eigenvalue weighted by atomic mass is 32.2. The molecule has 0 aromatic heterocycles. The second-order valence-corrected chi connectivity index (χ2v) is 8.07. The quantitative estimate of drug-likeness (QED) is 0.612. The van der Waals surface area contributed by atoms with E-state index in [0.29, 0.717) is 6.42 Å². The molecule has 0 aliphatic carbocycles. The van der Waals surface area contributed by atoms with Crippen molar-refractivity contribution in [2.75, 3.05) is 6.26 Å². The van der Waals surface area contributed by atoms with Crippen LogP contribution >= 0.6 is 0 Å². The van der Waals surface area contributed by atoms with Gasteiger partial charge in [0.15, 0.2) is 9.84 Å². The third kappa shape index (κ3) is 3.78. The average molecular weight is 284 g/mol. The fraction of sp³-hybridized carbons (Fsp3) is 0.571. The first-order chi connectivity index (χ1) is 8.72. The van der Waals surface area contributed by atoms with Crippen molar-refractivity contribution < 1.29 is 8.42 Å². The van der Waals surface area contributed by atoms with Crippen molar-refractivity contribution in [1.82, 2.24) is 5.43 Å². The minimum Gasteiger partial charge on any atom is -0.271 e. The SMILES string of the molecule is CCc1ccc(CC(NN)C(C)(C)S(C)(=O)=O)cc1. The van der Waals surface area contributed by atoms with Gasteiger partial charge in [-0.25, -0.2) is 8.42 Å². The number of rotatable bonds is 6. The maximum atomic E-state index is 11.8. The summed E-state index contributed by atoms with van der Waals surface area (Å²) in [4.78, 5) is 0. The minimum atomic E-state index is -3.19. The molecule has 1 atom stereocenters. The molecule has 1 aromatic rings. The van der Waals surface area contributed by atoms with E-state index in [2.05, 4.69) is 24.5 Å². The van der Waals surface area contributed by atoms with Gasteiger partial charge in [-0.2, -0.15) is 0 Å². The van der Waals surface area contributed by atoms with Crippen molar-refractivity contribution in [1.29, 1.82) is 0 Å². The molecule has 5 heteroatoms. The molecule has 0 spiro atoms. The molecule has 1 unspecified atom stereocenters. The van der Waals surface area contributed by atoms with E-state index in [1.54, 1.807) is 13.8 Å². The van der Waals surface area contributed by atoms with Gasteiger partial charge in [0.05, 0.1) is 4.75 Å². The Bertz CT molecular complexity index is 507. The third-order valence-electron chi connectivity index (χ3n) is 3.87. The lowest BCUT2D eigenvalue weighted by Gasteiger charge is -2.32. The van der Waals surface area contributed by atoms with Crippen LogP contribution in [0.5, 0.6) is 0 Å². The van der Waals surface area contributed by atoms with Gasteiger partial charge in [0.25, 0.3) is 0 Å². The first-order valence-corrected chi connectivity index (χ1v) is 8.35. The molecule has 0 bridgehead atoms. The highest BCUT2D eigenvalue weighted by Gasteiger charge is 2.38. The third-order valence-corrected chi connectivity index (χ3v) is 6.06. The molecule has 0 aliphatic heterocycles. The molecule has 1 aromatic carbocycles. The Kier molecular flexibility index (Phi) is 5.12. The highest BCUT2D eigenvalue weighted by Crippen LogP contribution is 2.23. The number of benzene rings is 1. The number of hydrazine groups is 1. The Morgan fingerprint density at radius 3 is 2.05 bits per heavy atom. The molecule has 0 aliphatic rings. The summed E-state index contributed by atoms with van der Waals surface area (Å²) in [5, 5.41) is 0. The normalized spacial score (nSPS) is 14.4. The van der Waals surface area contributed by atoms with Crippen LogP contribution in [0, 0.1) is 0 Å². The Hall–Kier alpha value is -0.910. The Balaban J connectivity index is 2.93. The first kappa shape index (κ1) is 16.1. The summed E-state index contributed by atoms with van der Waals surface area (Å²) < 4.78 is 22.8. The molecule has 108 valence electrons. The van der Waals surface area contributed by atoms with Crippen molar-refractivity contribution in [2.45, 2.75) is 44.4 Å². The van der Waals surface area contributed by atoms with Crippen molar-refractivity contribution in [2.24, 2.45) is 5.84 Å². The highest BCUT2D eigenvalue weighted by molar-refractivity contribution is 7.92. The van der Waals surface area contributed by atoms with Crippen LogP contribution in [0.3, 0.4) is 0 Å². The molecule has 0 saturated carbocycles. The van der Waals surface area contributed by atoms with Gasteiger partial charge in [-0.05, 0) is 37.8 Å². The summed E-state index contributed by atoms with van der Waals surface area (Å²) in [7, 11) is -3.19. The van der Waals surface area contributed by atoms with Gasteiger partial charge in [0, 0.05) is 12.3 Å². The molecule has 0 amide bonds. The van der Waals surface area contributed by atoms with E-state index in [1.165, 1.54) is 11.8 Å². The monoisotopic (exact) mass is 284 g/mol. The molecule has 19 heavy (non-hydrogen) atoms. The fourth-order valence-electron chi connectivity index (χ4n) is 1.91. The average Bonchev–Trinajstić information content (AvgIpc) is 2.35. The lowest BCUT2D eigenvalue weighted by molar-refractivity contribution is 0.413. The number of nitrogens with one attached hydrogen (secondary N) is 1. The molecular weight excluding hydrogens is 260 g/mol. The number of aryl methyl sites for hydroxylation is 1. The number of hydrogen-bond donors (Lipinski definition) is 2. The topological polar surface area (TPSA) is 72.2 Å². The zero-order valence-corrected chi connectivity index (χ0v) is 12.9. The molecule has 0 fully saturated rings. The predicted molar refractivity (Wildman–Crippen MR) is 79.6 cm³/mol. The van der Waals surface area contributed by atoms with Gasteiger partial charge < -0.3 is 0 Å².